The van der Waals surface area contributed by atoms with Gasteiger partial charge in [-0.05, 0) is 36.2 Å². The van der Waals surface area contributed by atoms with Gasteiger partial charge in [0.1, 0.15) is 0 Å². The van der Waals surface area contributed by atoms with E-state index in [0.29, 0.717) is 18.2 Å². The van der Waals surface area contributed by atoms with Crippen molar-refractivity contribution in [1.29, 1.82) is 0 Å². The van der Waals surface area contributed by atoms with E-state index in [1.54, 1.807) is 12.1 Å². The largest absolute Gasteiger partial charge is 0.459 e. The summed E-state index contributed by atoms with van der Waals surface area (Å²) in [6, 6.07) is 10.8. The summed E-state index contributed by atoms with van der Waals surface area (Å²) in [7, 11) is 0. The Morgan fingerprint density at radius 1 is 1.26 bits per heavy atom. The molecule has 2 rings (SSSR count). The van der Waals surface area contributed by atoms with E-state index in [9.17, 15) is 4.79 Å². The molecule has 4 N–H and O–H groups in total. The number of benzene rings is 1. The fraction of sp³-hybridized carbons (Fsp3) is 0.294. The average molecular weight is 314 g/mol. The number of hydrogen-bond acceptors (Lipinski definition) is 3. The number of rotatable bonds is 7. The van der Waals surface area contributed by atoms with Gasteiger partial charge in [0.05, 0.1) is 12.8 Å². The van der Waals surface area contributed by atoms with E-state index in [1.807, 2.05) is 24.3 Å². The second-order valence-corrected chi connectivity index (χ2v) is 5.11. The van der Waals surface area contributed by atoms with Gasteiger partial charge in [-0.2, -0.15) is 0 Å². The Bertz CT molecular complexity index is 633. The Balaban J connectivity index is 1.84. The van der Waals surface area contributed by atoms with Crippen LogP contribution in [0.5, 0.6) is 0 Å². The first-order chi connectivity index (χ1) is 11.2. The maximum Gasteiger partial charge on any atom is 0.291 e. The van der Waals surface area contributed by atoms with Gasteiger partial charge in [0.25, 0.3) is 5.91 Å². The minimum Gasteiger partial charge on any atom is -0.459 e. The standard InChI is InChI=1S/C17H22N4O2/c1-2-3-10-19-17(18)20-12-13-6-8-14(9-7-13)21-16(22)15-5-4-11-23-15/h4-9,11H,2-3,10,12H2,1H3,(H,21,22)(H3,18,19,20). The van der Waals surface area contributed by atoms with Crippen LogP contribution in [-0.4, -0.2) is 18.4 Å². The maximum absolute atomic E-state index is 11.8. The number of carbonyl (C=O) groups is 1. The molecule has 6 heteroatoms. The van der Waals surface area contributed by atoms with Crippen molar-refractivity contribution in [2.75, 3.05) is 11.9 Å². The van der Waals surface area contributed by atoms with E-state index in [2.05, 4.69) is 22.5 Å². The molecule has 0 fully saturated rings. The normalized spacial score (nSPS) is 11.3. The van der Waals surface area contributed by atoms with Crippen LogP contribution in [0.4, 0.5) is 5.69 Å². The lowest BCUT2D eigenvalue weighted by molar-refractivity contribution is 0.0996. The first kappa shape index (κ1) is 16.6. The third kappa shape index (κ3) is 5.50. The zero-order chi connectivity index (χ0) is 16.5. The number of amides is 1. The number of hydrogen-bond donors (Lipinski definition) is 3. The van der Waals surface area contributed by atoms with Crippen molar-refractivity contribution in [2.24, 2.45) is 10.7 Å². The maximum atomic E-state index is 11.8. The minimum atomic E-state index is -0.273. The first-order valence-electron chi connectivity index (χ1n) is 7.66. The van der Waals surface area contributed by atoms with Crippen LogP contribution >= 0.6 is 0 Å². The van der Waals surface area contributed by atoms with Crippen LogP contribution in [0.25, 0.3) is 0 Å². The van der Waals surface area contributed by atoms with Crippen molar-refractivity contribution < 1.29 is 9.21 Å². The van der Waals surface area contributed by atoms with Gasteiger partial charge < -0.3 is 20.8 Å². The zero-order valence-electron chi connectivity index (χ0n) is 13.2. The van der Waals surface area contributed by atoms with Crippen molar-refractivity contribution in [3.8, 4) is 0 Å². The summed E-state index contributed by atoms with van der Waals surface area (Å²) in [5.41, 5.74) is 7.50. The van der Waals surface area contributed by atoms with Gasteiger partial charge >= 0.3 is 0 Å². The fourth-order valence-electron chi connectivity index (χ4n) is 1.92. The van der Waals surface area contributed by atoms with Crippen LogP contribution in [0.15, 0.2) is 52.1 Å². The lowest BCUT2D eigenvalue weighted by atomic mass is 10.2. The van der Waals surface area contributed by atoms with Crippen LogP contribution in [0, 0.1) is 0 Å². The Hall–Kier alpha value is -2.76. The second kappa shape index (κ2) is 8.63. The molecule has 0 radical (unpaired) electrons. The van der Waals surface area contributed by atoms with Crippen molar-refractivity contribution in [3.63, 3.8) is 0 Å². The highest BCUT2D eigenvalue weighted by Crippen LogP contribution is 2.12. The molecule has 0 saturated carbocycles. The van der Waals surface area contributed by atoms with E-state index in [4.69, 9.17) is 10.2 Å². The molecule has 0 aliphatic heterocycles. The van der Waals surface area contributed by atoms with Gasteiger partial charge in [-0.25, -0.2) is 4.99 Å². The Labute approximate surface area is 135 Å². The number of nitrogens with two attached hydrogens (primary N) is 1. The zero-order valence-corrected chi connectivity index (χ0v) is 13.2. The number of anilines is 1. The molecule has 2 aromatic rings. The molecule has 6 nitrogen and oxygen atoms in total. The summed E-state index contributed by atoms with van der Waals surface area (Å²) < 4.78 is 5.05. The topological polar surface area (TPSA) is 92.6 Å². The van der Waals surface area contributed by atoms with Crippen molar-refractivity contribution in [2.45, 2.75) is 26.3 Å². The highest BCUT2D eigenvalue weighted by molar-refractivity contribution is 6.02. The van der Waals surface area contributed by atoms with Crippen LogP contribution < -0.4 is 16.4 Å². The summed E-state index contributed by atoms with van der Waals surface area (Å²) in [5.74, 6) is 0.461. The lowest BCUT2D eigenvalue weighted by Crippen LogP contribution is -2.32. The molecule has 1 aromatic heterocycles. The van der Waals surface area contributed by atoms with Gasteiger partial charge in [-0.1, -0.05) is 25.5 Å². The van der Waals surface area contributed by atoms with E-state index < -0.39 is 0 Å². The first-order valence-corrected chi connectivity index (χ1v) is 7.66. The van der Waals surface area contributed by atoms with Crippen LogP contribution in [0.2, 0.25) is 0 Å². The van der Waals surface area contributed by atoms with Gasteiger partial charge in [-0.15, -0.1) is 0 Å². The third-order valence-corrected chi connectivity index (χ3v) is 3.23. The molecule has 122 valence electrons. The highest BCUT2D eigenvalue weighted by atomic mass is 16.3. The predicted molar refractivity (Wildman–Crippen MR) is 91.3 cm³/mol. The minimum absolute atomic E-state index is 0.273. The summed E-state index contributed by atoms with van der Waals surface area (Å²) in [6.45, 7) is 3.46. The van der Waals surface area contributed by atoms with Crippen LogP contribution in [0.3, 0.4) is 0 Å². The van der Waals surface area contributed by atoms with Crippen LogP contribution in [0.1, 0.15) is 35.9 Å². The van der Waals surface area contributed by atoms with Crippen molar-refractivity contribution in [1.82, 2.24) is 5.32 Å². The van der Waals surface area contributed by atoms with Gasteiger partial charge in [0.2, 0.25) is 0 Å². The Morgan fingerprint density at radius 3 is 2.70 bits per heavy atom. The molecule has 1 amide bonds. The average Bonchev–Trinajstić information content (AvgIpc) is 3.09. The lowest BCUT2D eigenvalue weighted by Gasteiger charge is -2.06. The number of nitrogens with zero attached hydrogens (tertiary/aromatic N) is 1. The quantitative estimate of drug-likeness (QED) is 0.416. The molecule has 1 heterocycles. The fourth-order valence-corrected chi connectivity index (χ4v) is 1.92. The molecular weight excluding hydrogens is 292 g/mol. The monoisotopic (exact) mass is 314 g/mol. The Morgan fingerprint density at radius 2 is 2.04 bits per heavy atom. The van der Waals surface area contributed by atoms with Crippen molar-refractivity contribution >= 4 is 17.6 Å². The summed E-state index contributed by atoms with van der Waals surface area (Å²) in [4.78, 5) is 16.1. The second-order valence-electron chi connectivity index (χ2n) is 5.11. The summed E-state index contributed by atoms with van der Waals surface area (Å²) in [6.07, 6.45) is 3.65. The van der Waals surface area contributed by atoms with E-state index >= 15 is 0 Å². The predicted octanol–water partition coefficient (Wildman–Crippen LogP) is 2.74. The van der Waals surface area contributed by atoms with Gasteiger partial charge in [-0.3, -0.25) is 4.79 Å². The number of furan rings is 1. The van der Waals surface area contributed by atoms with Crippen LogP contribution in [-0.2, 0) is 6.54 Å². The van der Waals surface area contributed by atoms with E-state index in [-0.39, 0.29) is 11.7 Å². The summed E-state index contributed by atoms with van der Waals surface area (Å²) >= 11 is 0. The van der Waals surface area contributed by atoms with Crippen molar-refractivity contribution in [3.05, 3.63) is 54.0 Å². The molecular formula is C17H22N4O2. The molecule has 0 unspecified atom stereocenters. The smallest absolute Gasteiger partial charge is 0.291 e. The number of aliphatic imine (C=N–C) groups is 1. The molecule has 0 spiro atoms. The molecule has 0 bridgehead atoms. The molecule has 0 atom stereocenters. The summed E-state index contributed by atoms with van der Waals surface area (Å²) in [5, 5.41) is 5.83. The number of unbranched alkanes of at least 4 members (excludes halogenated alkanes) is 1. The SMILES string of the molecule is CCCCNC(N)=NCc1ccc(NC(=O)c2ccco2)cc1. The molecule has 23 heavy (non-hydrogen) atoms. The Kier molecular flexibility index (Phi) is 6.23. The third-order valence-electron chi connectivity index (χ3n) is 3.23. The van der Waals surface area contributed by atoms with Gasteiger partial charge in [0.15, 0.2) is 11.7 Å². The molecule has 1 aromatic carbocycles. The van der Waals surface area contributed by atoms with E-state index in [0.717, 1.165) is 24.9 Å². The van der Waals surface area contributed by atoms with E-state index in [1.165, 1.54) is 6.26 Å². The number of nitrogens with one attached hydrogen (secondary N) is 2. The number of guanidine groups is 1. The number of carbonyl (C=O) groups excluding carboxylic acids is 1. The molecule has 0 aliphatic rings. The highest BCUT2D eigenvalue weighted by Gasteiger charge is 2.08. The molecule has 0 aliphatic carbocycles. The van der Waals surface area contributed by atoms with Gasteiger partial charge in [0, 0.05) is 12.2 Å². The molecule has 0 saturated heterocycles.